The number of rotatable bonds is 7. The van der Waals surface area contributed by atoms with Crippen LogP contribution < -0.4 is 4.57 Å². The lowest BCUT2D eigenvalue weighted by atomic mass is 9.90. The van der Waals surface area contributed by atoms with E-state index < -0.39 is 0 Å². The molecule has 3 aromatic rings. The van der Waals surface area contributed by atoms with E-state index in [0.717, 1.165) is 5.92 Å². The van der Waals surface area contributed by atoms with Crippen molar-refractivity contribution in [2.75, 3.05) is 0 Å². The Hall–Kier alpha value is -2.15. The molecular weight excluding hydrogens is 338 g/mol. The lowest BCUT2D eigenvalue weighted by Gasteiger charge is -2.17. The van der Waals surface area contributed by atoms with Crippen LogP contribution in [0.3, 0.4) is 0 Å². The van der Waals surface area contributed by atoms with Crippen LogP contribution in [0.25, 0.3) is 22.0 Å². The number of unbranched alkanes of at least 4 members (excludes halogenated alkanes) is 5. The van der Waals surface area contributed by atoms with Crippen molar-refractivity contribution in [2.24, 2.45) is 5.92 Å². The Morgan fingerprint density at radius 1 is 0.893 bits per heavy atom. The molecule has 2 aromatic carbocycles. The average molecular weight is 371 g/mol. The number of pyridine rings is 1. The van der Waals surface area contributed by atoms with Gasteiger partial charge in [0.1, 0.15) is 0 Å². The molecule has 1 aliphatic carbocycles. The molecule has 1 aliphatic heterocycles. The first-order valence-corrected chi connectivity index (χ1v) is 11.4. The van der Waals surface area contributed by atoms with Gasteiger partial charge in [0.15, 0.2) is 12.2 Å². The van der Waals surface area contributed by atoms with Crippen LogP contribution in [0.1, 0.15) is 75.5 Å². The zero-order valence-corrected chi connectivity index (χ0v) is 17.3. The van der Waals surface area contributed by atoms with Gasteiger partial charge >= 0.3 is 0 Å². The van der Waals surface area contributed by atoms with Gasteiger partial charge in [0.05, 0.1) is 16.9 Å². The van der Waals surface area contributed by atoms with Crippen LogP contribution in [0.5, 0.6) is 0 Å². The maximum Gasteiger partial charge on any atom is 0.220 e. The van der Waals surface area contributed by atoms with Crippen LogP contribution in [0.4, 0.5) is 0 Å². The lowest BCUT2D eigenvalue weighted by molar-refractivity contribution is -0.693. The molecule has 2 heterocycles. The smallest absolute Gasteiger partial charge is 0.194 e. The molecule has 1 aromatic heterocycles. The Morgan fingerprint density at radius 2 is 1.71 bits per heavy atom. The summed E-state index contributed by atoms with van der Waals surface area (Å²) in [4.78, 5) is 0. The average Bonchev–Trinajstić information content (AvgIpc) is 3.41. The third-order valence-corrected chi connectivity index (χ3v) is 7.09. The predicted octanol–water partition coefficient (Wildman–Crippen LogP) is 6.99. The predicted molar refractivity (Wildman–Crippen MR) is 118 cm³/mol. The Labute approximate surface area is 169 Å². The van der Waals surface area contributed by atoms with Gasteiger partial charge in [-0.25, -0.2) is 0 Å². The van der Waals surface area contributed by atoms with E-state index in [2.05, 4.69) is 73.1 Å². The molecule has 1 fully saturated rings. The second-order valence-corrected chi connectivity index (χ2v) is 8.97. The highest BCUT2D eigenvalue weighted by molar-refractivity contribution is 5.94. The van der Waals surface area contributed by atoms with Crippen LogP contribution in [0.15, 0.2) is 54.7 Å². The van der Waals surface area contributed by atoms with E-state index in [4.69, 9.17) is 0 Å². The molecular formula is C27H32N+. The van der Waals surface area contributed by atoms with E-state index in [1.807, 2.05) is 0 Å². The number of fused-ring (bicyclic) bond motifs is 8. The van der Waals surface area contributed by atoms with Crippen LogP contribution in [-0.4, -0.2) is 0 Å². The van der Waals surface area contributed by atoms with Crippen LogP contribution in [0, 0.1) is 5.92 Å². The van der Waals surface area contributed by atoms with Crippen molar-refractivity contribution in [1.82, 2.24) is 0 Å². The van der Waals surface area contributed by atoms with Gasteiger partial charge < -0.3 is 0 Å². The third-order valence-electron chi connectivity index (χ3n) is 7.09. The fourth-order valence-electron chi connectivity index (χ4n) is 5.47. The van der Waals surface area contributed by atoms with E-state index in [9.17, 15) is 0 Å². The molecule has 1 nitrogen and oxygen atoms in total. The van der Waals surface area contributed by atoms with Gasteiger partial charge in [-0.2, -0.15) is 4.57 Å². The summed E-state index contributed by atoms with van der Waals surface area (Å²) in [5, 5.41) is 2.75. The van der Waals surface area contributed by atoms with Gasteiger partial charge in [-0.15, -0.1) is 0 Å². The first-order chi connectivity index (χ1) is 13.8. The first kappa shape index (κ1) is 17.9. The molecule has 0 spiro atoms. The minimum absolute atomic E-state index is 0.649. The second-order valence-electron chi connectivity index (χ2n) is 8.97. The normalized spacial score (nSPS) is 21.9. The van der Waals surface area contributed by atoms with Crippen molar-refractivity contribution in [3.05, 3.63) is 65.9 Å². The fraction of sp³-hybridized carbons (Fsp3) is 0.444. The third kappa shape index (κ3) is 2.96. The monoisotopic (exact) mass is 370 g/mol. The van der Waals surface area contributed by atoms with E-state index in [-0.39, 0.29) is 0 Å². The molecule has 28 heavy (non-hydrogen) atoms. The topological polar surface area (TPSA) is 3.88 Å². The maximum absolute atomic E-state index is 2.56. The molecule has 2 aliphatic rings. The Bertz CT molecular complexity index is 1000. The SMILES string of the molecule is CCCCCCCCc1ccc2c(c1)C1C(C)C1[n+]1ccc3ccccc3c1-2. The summed E-state index contributed by atoms with van der Waals surface area (Å²) in [7, 11) is 0. The number of hydrogen-bond donors (Lipinski definition) is 0. The lowest BCUT2D eigenvalue weighted by Crippen LogP contribution is -2.38. The number of nitrogens with zero attached hydrogens (tertiary/aromatic N) is 1. The van der Waals surface area contributed by atoms with Gasteiger partial charge in [-0.3, -0.25) is 0 Å². The molecule has 0 radical (unpaired) electrons. The van der Waals surface area contributed by atoms with Crippen LogP contribution in [-0.2, 0) is 6.42 Å². The number of hydrogen-bond acceptors (Lipinski definition) is 0. The Morgan fingerprint density at radius 3 is 2.61 bits per heavy atom. The number of aromatic nitrogens is 1. The molecule has 1 saturated carbocycles. The van der Waals surface area contributed by atoms with Crippen molar-refractivity contribution >= 4 is 10.8 Å². The summed E-state index contributed by atoms with van der Waals surface area (Å²) in [6.45, 7) is 4.72. The minimum Gasteiger partial charge on any atom is -0.194 e. The highest BCUT2D eigenvalue weighted by atomic mass is 15.1. The van der Waals surface area contributed by atoms with Crippen LogP contribution >= 0.6 is 0 Å². The van der Waals surface area contributed by atoms with Crippen molar-refractivity contribution in [1.29, 1.82) is 0 Å². The van der Waals surface area contributed by atoms with Crippen molar-refractivity contribution in [3.8, 4) is 11.3 Å². The van der Waals surface area contributed by atoms with E-state index in [1.54, 1.807) is 11.1 Å². The molecule has 1 heteroatoms. The largest absolute Gasteiger partial charge is 0.220 e. The summed E-state index contributed by atoms with van der Waals surface area (Å²) in [5.41, 5.74) is 6.05. The van der Waals surface area contributed by atoms with Gasteiger partial charge in [-0.1, -0.05) is 76.3 Å². The number of benzene rings is 2. The van der Waals surface area contributed by atoms with Crippen molar-refractivity contribution in [3.63, 3.8) is 0 Å². The molecule has 144 valence electrons. The molecule has 0 saturated heterocycles. The molecule has 0 N–H and O–H groups in total. The standard InChI is InChI=1S/C27H32N/c1-3-4-5-6-7-8-11-20-14-15-23-24(18-20)25-19(2)26(25)28-17-16-21-12-9-10-13-22(21)27(23)28/h9-10,12-19,25-26H,3-8,11H2,1-2H3/q+1. The molecule has 3 unspecified atom stereocenters. The van der Waals surface area contributed by atoms with E-state index in [1.165, 1.54) is 67.0 Å². The zero-order valence-electron chi connectivity index (χ0n) is 17.3. The van der Waals surface area contributed by atoms with Crippen LogP contribution in [0.2, 0.25) is 0 Å². The molecule has 0 amide bonds. The maximum atomic E-state index is 2.56. The van der Waals surface area contributed by atoms with Gasteiger partial charge in [0.25, 0.3) is 0 Å². The van der Waals surface area contributed by atoms with Gasteiger partial charge in [0.2, 0.25) is 5.69 Å². The fourth-order valence-corrected chi connectivity index (χ4v) is 5.47. The number of aryl methyl sites for hydroxylation is 1. The Balaban J connectivity index is 1.45. The first-order valence-electron chi connectivity index (χ1n) is 11.4. The minimum atomic E-state index is 0.649. The summed E-state index contributed by atoms with van der Waals surface area (Å²) >= 11 is 0. The zero-order chi connectivity index (χ0) is 19.1. The summed E-state index contributed by atoms with van der Waals surface area (Å²) in [6, 6.07) is 19.2. The molecule has 5 rings (SSSR count). The summed E-state index contributed by atoms with van der Waals surface area (Å²) in [5.74, 6) is 1.45. The van der Waals surface area contributed by atoms with Gasteiger partial charge in [0, 0.05) is 12.0 Å². The summed E-state index contributed by atoms with van der Waals surface area (Å²) in [6.07, 6.45) is 11.8. The highest BCUT2D eigenvalue weighted by Gasteiger charge is 2.60. The molecule has 3 atom stereocenters. The van der Waals surface area contributed by atoms with Crippen molar-refractivity contribution < 1.29 is 4.57 Å². The van der Waals surface area contributed by atoms with Gasteiger partial charge in [-0.05, 0) is 41.5 Å². The highest BCUT2D eigenvalue weighted by Crippen LogP contribution is 2.59. The van der Waals surface area contributed by atoms with Crippen molar-refractivity contribution in [2.45, 2.75) is 70.8 Å². The summed E-state index contributed by atoms with van der Waals surface area (Å²) < 4.78 is 2.56. The Kier molecular flexibility index (Phi) is 4.70. The second kappa shape index (κ2) is 7.35. The van der Waals surface area contributed by atoms with E-state index >= 15 is 0 Å². The quantitative estimate of drug-likeness (QED) is 0.312. The van der Waals surface area contributed by atoms with E-state index in [0.29, 0.717) is 12.0 Å². The molecule has 0 bridgehead atoms.